The van der Waals surface area contributed by atoms with Gasteiger partial charge >= 0.3 is 0 Å². The lowest BCUT2D eigenvalue weighted by molar-refractivity contribution is 0.553. The second kappa shape index (κ2) is 5.91. The number of rotatable bonds is 2. The van der Waals surface area contributed by atoms with Crippen molar-refractivity contribution in [2.75, 3.05) is 6.54 Å². The lowest BCUT2D eigenvalue weighted by atomic mass is 9.91. The van der Waals surface area contributed by atoms with Crippen molar-refractivity contribution in [3.8, 4) is 11.1 Å². The summed E-state index contributed by atoms with van der Waals surface area (Å²) in [6.07, 6.45) is 2.82. The zero-order chi connectivity index (χ0) is 16.7. The zero-order valence-electron chi connectivity index (χ0n) is 14.5. The topological polar surface area (TPSA) is 40.7 Å². The van der Waals surface area contributed by atoms with Gasteiger partial charge in [-0.2, -0.15) is 0 Å². The number of nitrogens with zero attached hydrogens (tertiary/aromatic N) is 1. The summed E-state index contributed by atoms with van der Waals surface area (Å²) in [5, 5.41) is 3.58. The quantitative estimate of drug-likeness (QED) is 0.742. The molecule has 1 aromatic heterocycles. The van der Waals surface area contributed by atoms with Gasteiger partial charge < -0.3 is 10.3 Å². The molecule has 0 saturated heterocycles. The van der Waals surface area contributed by atoms with Gasteiger partial charge in [0, 0.05) is 18.7 Å². The Hall–Kier alpha value is -2.39. The Labute approximate surface area is 143 Å². The molecule has 0 radical (unpaired) electrons. The monoisotopic (exact) mass is 317 g/mol. The molecule has 1 aliphatic rings. The number of nitrogens with one attached hydrogen (secondary N) is 2. The van der Waals surface area contributed by atoms with Gasteiger partial charge in [-0.15, -0.1) is 0 Å². The van der Waals surface area contributed by atoms with Crippen LogP contribution in [0, 0.1) is 20.8 Å². The second-order valence-electron chi connectivity index (χ2n) is 6.80. The normalized spacial score (nSPS) is 16.9. The minimum absolute atomic E-state index is 0.189. The number of hydrogen-bond donors (Lipinski definition) is 2. The molecular weight excluding hydrogens is 294 g/mol. The fraction of sp³-hybridized carbons (Fsp3) is 0.286. The molecule has 0 saturated carbocycles. The number of aryl methyl sites for hydroxylation is 3. The van der Waals surface area contributed by atoms with Gasteiger partial charge in [0.2, 0.25) is 0 Å². The lowest BCUT2D eigenvalue weighted by Crippen LogP contribution is -2.30. The first-order chi connectivity index (χ1) is 11.6. The summed E-state index contributed by atoms with van der Waals surface area (Å²) in [5.74, 6) is 0. The Morgan fingerprint density at radius 3 is 2.42 bits per heavy atom. The van der Waals surface area contributed by atoms with E-state index in [1.165, 1.54) is 39.1 Å². The van der Waals surface area contributed by atoms with Crippen molar-refractivity contribution in [1.82, 2.24) is 15.3 Å². The molecule has 122 valence electrons. The van der Waals surface area contributed by atoms with Gasteiger partial charge in [-0.3, -0.25) is 0 Å². The molecule has 0 spiro atoms. The highest BCUT2D eigenvalue weighted by Gasteiger charge is 2.23. The third-order valence-corrected chi connectivity index (χ3v) is 4.96. The molecule has 1 aliphatic heterocycles. The summed E-state index contributed by atoms with van der Waals surface area (Å²) < 4.78 is 0. The molecule has 24 heavy (non-hydrogen) atoms. The van der Waals surface area contributed by atoms with Crippen molar-refractivity contribution in [1.29, 1.82) is 0 Å². The maximum absolute atomic E-state index is 4.52. The van der Waals surface area contributed by atoms with Gasteiger partial charge in [0.25, 0.3) is 0 Å². The number of aromatic nitrogens is 2. The maximum atomic E-state index is 4.52. The van der Waals surface area contributed by atoms with E-state index >= 15 is 0 Å². The van der Waals surface area contributed by atoms with Crippen molar-refractivity contribution < 1.29 is 0 Å². The Kier molecular flexibility index (Phi) is 3.73. The number of hydrogen-bond acceptors (Lipinski definition) is 2. The van der Waals surface area contributed by atoms with Crippen LogP contribution >= 0.6 is 0 Å². The van der Waals surface area contributed by atoms with Crippen LogP contribution in [-0.2, 0) is 6.42 Å². The van der Waals surface area contributed by atoms with E-state index < -0.39 is 0 Å². The van der Waals surface area contributed by atoms with Crippen LogP contribution in [0.2, 0.25) is 0 Å². The fourth-order valence-corrected chi connectivity index (χ4v) is 3.97. The molecule has 0 bridgehead atoms. The molecule has 1 atom stereocenters. The van der Waals surface area contributed by atoms with Gasteiger partial charge in [0.15, 0.2) is 0 Å². The third-order valence-electron chi connectivity index (χ3n) is 4.96. The van der Waals surface area contributed by atoms with E-state index in [4.69, 9.17) is 0 Å². The number of benzene rings is 2. The van der Waals surface area contributed by atoms with Crippen LogP contribution in [0.4, 0.5) is 0 Å². The molecule has 3 heteroatoms. The molecule has 4 rings (SSSR count). The predicted octanol–water partition coefficient (Wildman–Crippen LogP) is 4.24. The number of H-pyrrole nitrogens is 1. The van der Waals surface area contributed by atoms with E-state index in [-0.39, 0.29) is 6.04 Å². The average molecular weight is 317 g/mol. The molecule has 0 aliphatic carbocycles. The van der Waals surface area contributed by atoms with E-state index in [2.05, 4.69) is 72.5 Å². The van der Waals surface area contributed by atoms with Gasteiger partial charge in [-0.05, 0) is 48.6 Å². The Morgan fingerprint density at radius 2 is 1.71 bits per heavy atom. The molecule has 1 unspecified atom stereocenters. The van der Waals surface area contributed by atoms with Crippen LogP contribution in [0.1, 0.15) is 39.7 Å². The van der Waals surface area contributed by atoms with E-state index in [9.17, 15) is 0 Å². The lowest BCUT2D eigenvalue weighted by Gasteiger charge is -2.23. The van der Waals surface area contributed by atoms with E-state index in [1.54, 1.807) is 6.33 Å². The molecule has 2 N–H and O–H groups in total. The second-order valence-corrected chi connectivity index (χ2v) is 6.80. The molecule has 3 aromatic rings. The molecule has 2 aromatic carbocycles. The molecule has 0 amide bonds. The highest BCUT2D eigenvalue weighted by atomic mass is 15.0. The summed E-state index contributed by atoms with van der Waals surface area (Å²) in [6.45, 7) is 7.53. The number of aromatic amines is 1. The first-order valence-electron chi connectivity index (χ1n) is 8.57. The first kappa shape index (κ1) is 15.2. The minimum Gasteiger partial charge on any atom is -0.348 e. The highest BCUT2D eigenvalue weighted by molar-refractivity contribution is 5.71. The minimum atomic E-state index is 0.189. The number of fused-ring (bicyclic) bond motifs is 1. The summed E-state index contributed by atoms with van der Waals surface area (Å²) in [5.41, 5.74) is 10.3. The highest BCUT2D eigenvalue weighted by Crippen LogP contribution is 2.31. The number of imidazole rings is 1. The summed E-state index contributed by atoms with van der Waals surface area (Å²) >= 11 is 0. The van der Waals surface area contributed by atoms with Crippen molar-refractivity contribution in [3.63, 3.8) is 0 Å². The molecule has 3 nitrogen and oxygen atoms in total. The smallest absolute Gasteiger partial charge is 0.0926 e. The van der Waals surface area contributed by atoms with Gasteiger partial charge in [0.1, 0.15) is 0 Å². The summed E-state index contributed by atoms with van der Waals surface area (Å²) in [7, 11) is 0. The van der Waals surface area contributed by atoms with Crippen LogP contribution in [0.5, 0.6) is 0 Å². The van der Waals surface area contributed by atoms with Crippen LogP contribution in [0.15, 0.2) is 42.7 Å². The van der Waals surface area contributed by atoms with Crippen LogP contribution in [0.3, 0.4) is 0 Å². The summed E-state index contributed by atoms with van der Waals surface area (Å²) in [4.78, 5) is 7.78. The first-order valence-corrected chi connectivity index (χ1v) is 8.57. The Bertz CT molecular complexity index is 851. The molecule has 2 heterocycles. The van der Waals surface area contributed by atoms with Crippen molar-refractivity contribution in [3.05, 3.63) is 76.4 Å². The zero-order valence-corrected chi connectivity index (χ0v) is 14.5. The Morgan fingerprint density at radius 1 is 1.00 bits per heavy atom. The van der Waals surface area contributed by atoms with Crippen LogP contribution in [0.25, 0.3) is 11.1 Å². The average Bonchev–Trinajstić information content (AvgIpc) is 3.03. The Balaban J connectivity index is 1.70. The van der Waals surface area contributed by atoms with Gasteiger partial charge in [-0.25, -0.2) is 4.98 Å². The fourth-order valence-electron chi connectivity index (χ4n) is 3.97. The van der Waals surface area contributed by atoms with Crippen molar-refractivity contribution in [2.24, 2.45) is 0 Å². The van der Waals surface area contributed by atoms with Gasteiger partial charge in [-0.1, -0.05) is 42.0 Å². The van der Waals surface area contributed by atoms with E-state index in [1.807, 2.05) is 0 Å². The van der Waals surface area contributed by atoms with Crippen molar-refractivity contribution in [2.45, 2.75) is 33.2 Å². The van der Waals surface area contributed by atoms with Gasteiger partial charge in [0.05, 0.1) is 18.1 Å². The SMILES string of the molecule is Cc1cc(C)c(-c2ccc(C3NCCc4[nH]cnc43)cc2)c(C)c1. The molecular formula is C21H23N3. The van der Waals surface area contributed by atoms with Crippen molar-refractivity contribution >= 4 is 0 Å². The predicted molar refractivity (Wildman–Crippen MR) is 98.2 cm³/mol. The van der Waals surface area contributed by atoms with Crippen LogP contribution in [-0.4, -0.2) is 16.5 Å². The standard InChI is InChI=1S/C21H23N3/c1-13-10-14(2)19(15(3)11-13)16-4-6-17(7-5-16)20-21-18(8-9-22-20)23-12-24-21/h4-7,10-12,20,22H,8-9H2,1-3H3,(H,23,24). The third kappa shape index (κ3) is 2.55. The largest absolute Gasteiger partial charge is 0.348 e. The summed E-state index contributed by atoms with van der Waals surface area (Å²) in [6, 6.07) is 13.6. The van der Waals surface area contributed by atoms with E-state index in [0.29, 0.717) is 0 Å². The van der Waals surface area contributed by atoms with E-state index in [0.717, 1.165) is 18.7 Å². The van der Waals surface area contributed by atoms with Crippen LogP contribution < -0.4 is 5.32 Å². The maximum Gasteiger partial charge on any atom is 0.0926 e. The molecule has 0 fully saturated rings.